The Morgan fingerprint density at radius 3 is 2.14 bits per heavy atom. The average Bonchev–Trinajstić information content (AvgIpc) is 2.78. The molecule has 0 bridgehead atoms. The number of allylic oxidation sites excluding steroid dienone is 4. The molecular weight excluding hydrogens is 350 g/mol. The molecule has 0 unspecified atom stereocenters. The van der Waals surface area contributed by atoms with Gasteiger partial charge in [0.05, 0.1) is 6.07 Å². The topological polar surface area (TPSA) is 23.8 Å². The Balaban J connectivity index is 1.40. The van der Waals surface area contributed by atoms with Crippen molar-refractivity contribution in [3.8, 4) is 6.07 Å². The minimum absolute atomic E-state index is 0.724. The fourth-order valence-corrected chi connectivity index (χ4v) is 5.59. The molecule has 0 amide bonds. The van der Waals surface area contributed by atoms with Gasteiger partial charge in [-0.2, -0.15) is 5.26 Å². The zero-order chi connectivity index (χ0) is 20.3. The van der Waals surface area contributed by atoms with Crippen LogP contribution in [0.2, 0.25) is 0 Å². The molecule has 0 saturated heterocycles. The summed E-state index contributed by atoms with van der Waals surface area (Å²) in [6.45, 7) is 2.28. The van der Waals surface area contributed by atoms with Gasteiger partial charge in [-0.15, -0.1) is 0 Å². The highest BCUT2D eigenvalue weighted by Crippen LogP contribution is 2.44. The van der Waals surface area contributed by atoms with Crippen LogP contribution < -0.4 is 0 Å². The van der Waals surface area contributed by atoms with Crippen molar-refractivity contribution in [2.45, 2.75) is 89.9 Å². The van der Waals surface area contributed by atoms with E-state index in [1.54, 1.807) is 11.6 Å². The molecule has 2 saturated carbocycles. The average molecular weight is 390 g/mol. The summed E-state index contributed by atoms with van der Waals surface area (Å²) < 4.78 is 0. The van der Waals surface area contributed by atoms with Gasteiger partial charge in [-0.25, -0.2) is 0 Å². The van der Waals surface area contributed by atoms with Crippen molar-refractivity contribution in [1.29, 1.82) is 5.26 Å². The van der Waals surface area contributed by atoms with Crippen LogP contribution in [0, 0.1) is 29.1 Å². The predicted molar refractivity (Wildman–Crippen MR) is 124 cm³/mol. The number of unbranched alkanes of at least 4 members (excludes halogenated alkanes) is 2. The van der Waals surface area contributed by atoms with Gasteiger partial charge >= 0.3 is 0 Å². The molecule has 1 aromatic rings. The normalized spacial score (nSPS) is 28.0. The summed E-state index contributed by atoms with van der Waals surface area (Å²) in [5, 5.41) is 8.55. The molecule has 0 atom stereocenters. The van der Waals surface area contributed by atoms with Gasteiger partial charge in [0, 0.05) is 6.08 Å². The number of nitrogens with zero attached hydrogens (tertiary/aromatic N) is 1. The molecular formula is C28H39N. The van der Waals surface area contributed by atoms with Gasteiger partial charge in [-0.05, 0) is 99.0 Å². The molecule has 0 aromatic heterocycles. The van der Waals surface area contributed by atoms with E-state index >= 15 is 0 Å². The van der Waals surface area contributed by atoms with Crippen LogP contribution in [-0.4, -0.2) is 0 Å². The SMILES string of the molecule is CCCCCc1ccc(C2CCC(C3CCC(C=CC=CC#N)CC3)CC2)cc1. The Morgan fingerprint density at radius 2 is 1.52 bits per heavy atom. The number of rotatable bonds is 8. The van der Waals surface area contributed by atoms with Gasteiger partial charge in [-0.3, -0.25) is 0 Å². The van der Waals surface area contributed by atoms with Gasteiger partial charge in [0.2, 0.25) is 0 Å². The minimum Gasteiger partial charge on any atom is -0.193 e. The van der Waals surface area contributed by atoms with E-state index in [1.165, 1.54) is 82.6 Å². The van der Waals surface area contributed by atoms with Crippen molar-refractivity contribution in [2.75, 3.05) is 0 Å². The van der Waals surface area contributed by atoms with Crippen LogP contribution in [0.5, 0.6) is 0 Å². The third-order valence-corrected chi connectivity index (χ3v) is 7.44. The number of hydrogen-bond acceptors (Lipinski definition) is 1. The molecule has 2 fully saturated rings. The largest absolute Gasteiger partial charge is 0.193 e. The Bertz CT molecular complexity index is 674. The minimum atomic E-state index is 0.724. The highest BCUT2D eigenvalue weighted by Gasteiger charge is 2.30. The summed E-state index contributed by atoms with van der Waals surface area (Å²) in [6.07, 6.45) is 24.1. The molecule has 1 heteroatoms. The molecule has 0 aliphatic heterocycles. The van der Waals surface area contributed by atoms with E-state index in [9.17, 15) is 0 Å². The first-order valence-electron chi connectivity index (χ1n) is 12.1. The maximum Gasteiger partial charge on any atom is 0.0912 e. The highest BCUT2D eigenvalue weighted by molar-refractivity contribution is 5.26. The molecule has 1 aromatic carbocycles. The lowest BCUT2D eigenvalue weighted by Gasteiger charge is -2.37. The third-order valence-electron chi connectivity index (χ3n) is 7.44. The van der Waals surface area contributed by atoms with Gasteiger partial charge in [0.15, 0.2) is 0 Å². The van der Waals surface area contributed by atoms with E-state index in [1.807, 2.05) is 6.08 Å². The molecule has 156 valence electrons. The monoisotopic (exact) mass is 389 g/mol. The Hall–Kier alpha value is -1.81. The van der Waals surface area contributed by atoms with Crippen LogP contribution in [0.4, 0.5) is 0 Å². The second-order valence-electron chi connectivity index (χ2n) is 9.36. The predicted octanol–water partition coefficient (Wildman–Crippen LogP) is 8.14. The summed E-state index contributed by atoms with van der Waals surface area (Å²) >= 11 is 0. The molecule has 2 aliphatic carbocycles. The van der Waals surface area contributed by atoms with E-state index in [2.05, 4.69) is 49.4 Å². The molecule has 0 heterocycles. The zero-order valence-electron chi connectivity index (χ0n) is 18.4. The molecule has 0 spiro atoms. The summed E-state index contributed by atoms with van der Waals surface area (Å²) in [6, 6.07) is 11.7. The smallest absolute Gasteiger partial charge is 0.0912 e. The zero-order valence-corrected chi connectivity index (χ0v) is 18.4. The number of aryl methyl sites for hydroxylation is 1. The van der Waals surface area contributed by atoms with Crippen molar-refractivity contribution >= 4 is 0 Å². The van der Waals surface area contributed by atoms with E-state index < -0.39 is 0 Å². The van der Waals surface area contributed by atoms with Crippen molar-refractivity contribution in [3.05, 3.63) is 59.7 Å². The Labute approximate surface area is 178 Å². The fraction of sp³-hybridized carbons (Fsp3) is 0.607. The summed E-state index contributed by atoms with van der Waals surface area (Å²) in [5.74, 6) is 3.43. The fourth-order valence-electron chi connectivity index (χ4n) is 5.59. The third kappa shape index (κ3) is 6.88. The Kier molecular flexibility index (Phi) is 9.07. The van der Waals surface area contributed by atoms with Crippen molar-refractivity contribution in [3.63, 3.8) is 0 Å². The summed E-state index contributed by atoms with van der Waals surface area (Å²) in [7, 11) is 0. The van der Waals surface area contributed by atoms with Crippen LogP contribution in [0.3, 0.4) is 0 Å². The first kappa shape index (κ1) is 21.9. The van der Waals surface area contributed by atoms with Crippen LogP contribution in [-0.2, 0) is 6.42 Å². The first-order chi connectivity index (χ1) is 14.3. The van der Waals surface area contributed by atoms with Crippen LogP contribution in [0.25, 0.3) is 0 Å². The number of benzene rings is 1. The summed E-state index contributed by atoms with van der Waals surface area (Å²) in [5.41, 5.74) is 3.10. The van der Waals surface area contributed by atoms with Crippen molar-refractivity contribution in [2.24, 2.45) is 17.8 Å². The second-order valence-corrected chi connectivity index (χ2v) is 9.36. The van der Waals surface area contributed by atoms with E-state index in [4.69, 9.17) is 5.26 Å². The maximum atomic E-state index is 8.55. The molecule has 0 radical (unpaired) electrons. The summed E-state index contributed by atoms with van der Waals surface area (Å²) in [4.78, 5) is 0. The lowest BCUT2D eigenvalue weighted by molar-refractivity contribution is 0.171. The number of hydrogen-bond donors (Lipinski definition) is 0. The van der Waals surface area contributed by atoms with Crippen molar-refractivity contribution in [1.82, 2.24) is 0 Å². The Morgan fingerprint density at radius 1 is 0.862 bits per heavy atom. The molecule has 2 aliphatic rings. The van der Waals surface area contributed by atoms with E-state index in [-0.39, 0.29) is 0 Å². The number of nitriles is 1. The molecule has 29 heavy (non-hydrogen) atoms. The standard InChI is InChI=1S/C28H39N/c1-2-3-5-8-23-10-14-25(15-11-23)27-18-20-28(21-19-27)26-16-12-24(13-17-26)9-6-4-7-22-29/h4,6-7,9-11,14-15,24,26-28H,2-3,5,8,12-13,16-21H2,1H3. The highest BCUT2D eigenvalue weighted by atomic mass is 14.4. The van der Waals surface area contributed by atoms with Crippen molar-refractivity contribution < 1.29 is 0 Å². The van der Waals surface area contributed by atoms with Crippen LogP contribution >= 0.6 is 0 Å². The van der Waals surface area contributed by atoms with Crippen LogP contribution in [0.1, 0.15) is 94.6 Å². The van der Waals surface area contributed by atoms with Gasteiger partial charge in [0.25, 0.3) is 0 Å². The van der Waals surface area contributed by atoms with Crippen LogP contribution in [0.15, 0.2) is 48.6 Å². The lowest BCUT2D eigenvalue weighted by atomic mass is 9.68. The lowest BCUT2D eigenvalue weighted by Crippen LogP contribution is -2.25. The maximum absolute atomic E-state index is 8.55. The molecule has 1 nitrogen and oxygen atoms in total. The van der Waals surface area contributed by atoms with Gasteiger partial charge in [-0.1, -0.05) is 62.3 Å². The van der Waals surface area contributed by atoms with E-state index in [0.29, 0.717) is 0 Å². The molecule has 3 rings (SSSR count). The van der Waals surface area contributed by atoms with E-state index in [0.717, 1.165) is 23.7 Å². The molecule has 0 N–H and O–H groups in total. The quantitative estimate of drug-likeness (QED) is 0.250. The second kappa shape index (κ2) is 12.0. The van der Waals surface area contributed by atoms with Gasteiger partial charge in [0.1, 0.15) is 0 Å². The van der Waals surface area contributed by atoms with Gasteiger partial charge < -0.3 is 0 Å². The first-order valence-corrected chi connectivity index (χ1v) is 12.1.